The lowest BCUT2D eigenvalue weighted by molar-refractivity contribution is -0.155. The van der Waals surface area contributed by atoms with Crippen molar-refractivity contribution in [3.05, 3.63) is 33.8 Å². The van der Waals surface area contributed by atoms with Crippen LogP contribution in [0.25, 0.3) is 0 Å². The summed E-state index contributed by atoms with van der Waals surface area (Å²) >= 11 is 3.37. The van der Waals surface area contributed by atoms with Crippen molar-refractivity contribution in [3.8, 4) is 0 Å². The van der Waals surface area contributed by atoms with Crippen molar-refractivity contribution >= 4 is 27.8 Å². The molecule has 0 fully saturated rings. The SMILES string of the molecule is CC(C)(C)OC(=O)CN1Cc2cc(Br)ccc2C1=O. The fraction of sp³-hybridized carbons (Fsp3) is 0.429. The Labute approximate surface area is 120 Å². The molecule has 0 atom stereocenters. The van der Waals surface area contributed by atoms with Crippen molar-refractivity contribution in [2.75, 3.05) is 6.54 Å². The maximum absolute atomic E-state index is 12.1. The lowest BCUT2D eigenvalue weighted by atomic mass is 10.1. The van der Waals surface area contributed by atoms with Gasteiger partial charge in [0.1, 0.15) is 12.1 Å². The van der Waals surface area contributed by atoms with E-state index < -0.39 is 5.60 Å². The van der Waals surface area contributed by atoms with Gasteiger partial charge >= 0.3 is 5.97 Å². The molecule has 0 radical (unpaired) electrons. The Bertz CT molecular complexity index is 534. The fourth-order valence-corrected chi connectivity index (χ4v) is 2.42. The van der Waals surface area contributed by atoms with Gasteiger partial charge in [-0.15, -0.1) is 0 Å². The smallest absolute Gasteiger partial charge is 0.326 e. The van der Waals surface area contributed by atoms with E-state index in [-0.39, 0.29) is 18.4 Å². The summed E-state index contributed by atoms with van der Waals surface area (Å²) in [5.74, 6) is -0.499. The minimum absolute atomic E-state index is 0.0115. The summed E-state index contributed by atoms with van der Waals surface area (Å²) in [6.45, 7) is 5.86. The second kappa shape index (κ2) is 4.96. The van der Waals surface area contributed by atoms with E-state index in [2.05, 4.69) is 15.9 Å². The second-order valence-electron chi connectivity index (χ2n) is 5.55. The van der Waals surface area contributed by atoms with E-state index in [0.29, 0.717) is 12.1 Å². The zero-order valence-electron chi connectivity index (χ0n) is 11.2. The van der Waals surface area contributed by atoms with Crippen LogP contribution in [-0.4, -0.2) is 28.9 Å². The van der Waals surface area contributed by atoms with Crippen LogP contribution in [0, 0.1) is 0 Å². The first-order valence-electron chi connectivity index (χ1n) is 6.06. The molecule has 0 bridgehead atoms. The average Bonchev–Trinajstić information content (AvgIpc) is 2.52. The molecular weight excluding hydrogens is 310 g/mol. The predicted molar refractivity (Wildman–Crippen MR) is 74.7 cm³/mol. The highest BCUT2D eigenvalue weighted by atomic mass is 79.9. The molecule has 0 saturated heterocycles. The Morgan fingerprint density at radius 2 is 2.11 bits per heavy atom. The minimum Gasteiger partial charge on any atom is -0.459 e. The summed E-state index contributed by atoms with van der Waals surface area (Å²) in [4.78, 5) is 25.4. The van der Waals surface area contributed by atoms with Crippen LogP contribution in [-0.2, 0) is 16.1 Å². The van der Waals surface area contributed by atoms with Gasteiger partial charge in [-0.3, -0.25) is 9.59 Å². The molecule has 2 rings (SSSR count). The van der Waals surface area contributed by atoms with Gasteiger partial charge in [-0.2, -0.15) is 0 Å². The molecule has 4 nitrogen and oxygen atoms in total. The maximum atomic E-state index is 12.1. The second-order valence-corrected chi connectivity index (χ2v) is 6.46. The van der Waals surface area contributed by atoms with Crippen LogP contribution in [0.5, 0.6) is 0 Å². The van der Waals surface area contributed by atoms with Gasteiger partial charge in [0.25, 0.3) is 5.91 Å². The summed E-state index contributed by atoms with van der Waals surface area (Å²) in [5.41, 5.74) is 1.06. The van der Waals surface area contributed by atoms with E-state index in [4.69, 9.17) is 4.74 Å². The number of carbonyl (C=O) groups excluding carboxylic acids is 2. The van der Waals surface area contributed by atoms with Gasteiger partial charge in [0, 0.05) is 16.6 Å². The molecule has 0 N–H and O–H groups in total. The molecule has 1 aromatic carbocycles. The van der Waals surface area contributed by atoms with E-state index in [9.17, 15) is 9.59 Å². The van der Waals surface area contributed by atoms with Crippen LogP contribution < -0.4 is 0 Å². The molecule has 1 aromatic rings. The molecule has 1 aliphatic heterocycles. The molecule has 0 aliphatic carbocycles. The number of ether oxygens (including phenoxy) is 1. The maximum Gasteiger partial charge on any atom is 0.326 e. The van der Waals surface area contributed by atoms with Gasteiger partial charge in [-0.25, -0.2) is 0 Å². The third-order valence-corrected chi connectivity index (χ3v) is 3.18. The first-order chi connectivity index (χ1) is 8.76. The normalized spacial score (nSPS) is 14.5. The van der Waals surface area contributed by atoms with E-state index in [1.807, 2.05) is 32.9 Å². The monoisotopic (exact) mass is 325 g/mol. The topological polar surface area (TPSA) is 46.6 Å². The molecule has 0 spiro atoms. The number of hydrogen-bond donors (Lipinski definition) is 0. The van der Waals surface area contributed by atoms with Gasteiger partial charge < -0.3 is 9.64 Å². The standard InChI is InChI=1S/C14H16BrNO3/c1-14(2,3)19-12(17)8-16-7-9-6-10(15)4-5-11(9)13(16)18/h4-6H,7-8H2,1-3H3. The molecule has 19 heavy (non-hydrogen) atoms. The molecule has 0 unspecified atom stereocenters. The molecule has 0 aromatic heterocycles. The largest absolute Gasteiger partial charge is 0.459 e. The van der Waals surface area contributed by atoms with E-state index in [0.717, 1.165) is 10.0 Å². The van der Waals surface area contributed by atoms with Gasteiger partial charge in [-0.05, 0) is 44.5 Å². The van der Waals surface area contributed by atoms with Crippen molar-refractivity contribution in [3.63, 3.8) is 0 Å². The number of benzene rings is 1. The highest BCUT2D eigenvalue weighted by Gasteiger charge is 2.30. The molecule has 1 aliphatic rings. The number of fused-ring (bicyclic) bond motifs is 1. The van der Waals surface area contributed by atoms with Crippen LogP contribution in [0.3, 0.4) is 0 Å². The van der Waals surface area contributed by atoms with Gasteiger partial charge in [0.2, 0.25) is 0 Å². The quantitative estimate of drug-likeness (QED) is 0.785. The van der Waals surface area contributed by atoms with Crippen LogP contribution >= 0.6 is 15.9 Å². The Morgan fingerprint density at radius 3 is 2.74 bits per heavy atom. The van der Waals surface area contributed by atoms with Crippen molar-refractivity contribution in [1.82, 2.24) is 4.90 Å². The molecule has 1 amide bonds. The Kier molecular flexibility index (Phi) is 3.67. The highest BCUT2D eigenvalue weighted by Crippen LogP contribution is 2.25. The summed E-state index contributed by atoms with van der Waals surface area (Å²) in [6.07, 6.45) is 0. The number of carbonyl (C=O) groups is 2. The first kappa shape index (κ1) is 14.1. The van der Waals surface area contributed by atoms with Crippen LogP contribution in [0.4, 0.5) is 0 Å². The fourth-order valence-electron chi connectivity index (χ4n) is 2.01. The third-order valence-electron chi connectivity index (χ3n) is 2.69. The Morgan fingerprint density at radius 1 is 1.42 bits per heavy atom. The van der Waals surface area contributed by atoms with Crippen molar-refractivity contribution in [2.24, 2.45) is 0 Å². The zero-order valence-corrected chi connectivity index (χ0v) is 12.8. The van der Waals surface area contributed by atoms with Crippen molar-refractivity contribution < 1.29 is 14.3 Å². The van der Waals surface area contributed by atoms with Crippen LogP contribution in [0.1, 0.15) is 36.7 Å². The average molecular weight is 326 g/mol. The Hall–Kier alpha value is -1.36. The lowest BCUT2D eigenvalue weighted by Crippen LogP contribution is -2.35. The highest BCUT2D eigenvalue weighted by molar-refractivity contribution is 9.10. The first-order valence-corrected chi connectivity index (χ1v) is 6.85. The number of hydrogen-bond acceptors (Lipinski definition) is 3. The van der Waals surface area contributed by atoms with Gasteiger partial charge in [-0.1, -0.05) is 15.9 Å². The number of halogens is 1. The van der Waals surface area contributed by atoms with Crippen LogP contribution in [0.15, 0.2) is 22.7 Å². The molecule has 1 heterocycles. The minimum atomic E-state index is -0.532. The zero-order chi connectivity index (χ0) is 14.2. The predicted octanol–water partition coefficient (Wildman–Crippen LogP) is 2.75. The van der Waals surface area contributed by atoms with E-state index in [1.54, 1.807) is 6.07 Å². The number of nitrogens with zero attached hydrogens (tertiary/aromatic N) is 1. The summed E-state index contributed by atoms with van der Waals surface area (Å²) in [6, 6.07) is 5.51. The number of esters is 1. The molecular formula is C14H16BrNO3. The third kappa shape index (κ3) is 3.35. The van der Waals surface area contributed by atoms with Crippen molar-refractivity contribution in [1.29, 1.82) is 0 Å². The summed E-state index contributed by atoms with van der Waals surface area (Å²) in [5, 5.41) is 0. The summed E-state index contributed by atoms with van der Waals surface area (Å²) < 4.78 is 6.16. The molecule has 5 heteroatoms. The summed E-state index contributed by atoms with van der Waals surface area (Å²) in [7, 11) is 0. The van der Waals surface area contributed by atoms with Gasteiger partial charge in [0.15, 0.2) is 0 Å². The Balaban J connectivity index is 2.06. The molecule has 102 valence electrons. The van der Waals surface area contributed by atoms with Gasteiger partial charge in [0.05, 0.1) is 0 Å². The van der Waals surface area contributed by atoms with E-state index >= 15 is 0 Å². The van der Waals surface area contributed by atoms with Crippen molar-refractivity contribution in [2.45, 2.75) is 32.9 Å². The number of amides is 1. The van der Waals surface area contributed by atoms with Crippen LogP contribution in [0.2, 0.25) is 0 Å². The number of rotatable bonds is 2. The molecule has 0 saturated carbocycles. The van der Waals surface area contributed by atoms with E-state index in [1.165, 1.54) is 4.90 Å². The lowest BCUT2D eigenvalue weighted by Gasteiger charge is -2.22.